The van der Waals surface area contributed by atoms with Crippen molar-refractivity contribution in [3.8, 4) is 0 Å². The van der Waals surface area contributed by atoms with Gasteiger partial charge in [-0.05, 0) is 54.9 Å². The molecule has 0 spiro atoms. The highest BCUT2D eigenvalue weighted by Gasteiger charge is 2.05. The first-order chi connectivity index (χ1) is 8.69. The van der Waals surface area contributed by atoms with Crippen LogP contribution < -0.4 is 5.73 Å². The second kappa shape index (κ2) is 6.48. The van der Waals surface area contributed by atoms with Gasteiger partial charge in [0.15, 0.2) is 0 Å². The molecule has 0 atom stereocenters. The van der Waals surface area contributed by atoms with Gasteiger partial charge in [-0.25, -0.2) is 0 Å². The minimum atomic E-state index is 0.615. The fraction of sp³-hybridized carbons (Fsp3) is 0.143. The number of nitrogens with two attached hydrogens (primary N) is 1. The van der Waals surface area contributed by atoms with Crippen LogP contribution in [0.4, 0.5) is 0 Å². The van der Waals surface area contributed by atoms with Crippen molar-refractivity contribution in [1.29, 1.82) is 0 Å². The van der Waals surface area contributed by atoms with E-state index in [2.05, 4.69) is 0 Å². The van der Waals surface area contributed by atoms with E-state index in [1.54, 1.807) is 11.8 Å². The van der Waals surface area contributed by atoms with E-state index in [1.165, 1.54) is 10.5 Å². The summed E-state index contributed by atoms with van der Waals surface area (Å²) >= 11 is 13.7. The number of hydrogen-bond acceptors (Lipinski definition) is 2. The van der Waals surface area contributed by atoms with Crippen LogP contribution in [0.3, 0.4) is 0 Å². The van der Waals surface area contributed by atoms with Gasteiger partial charge in [-0.1, -0.05) is 41.0 Å². The molecular weight excluding hydrogens is 285 g/mol. The summed E-state index contributed by atoms with van der Waals surface area (Å²) in [4.78, 5) is 2.29. The second-order valence-corrected chi connectivity index (χ2v) is 5.84. The zero-order valence-corrected chi connectivity index (χ0v) is 12.0. The fourth-order valence-electron chi connectivity index (χ4n) is 1.66. The Morgan fingerprint density at radius 2 is 1.78 bits per heavy atom. The smallest absolute Gasteiger partial charge is 0.0417 e. The van der Waals surface area contributed by atoms with Crippen molar-refractivity contribution >= 4 is 35.0 Å². The molecule has 0 saturated heterocycles. The number of hydrogen-bond donors (Lipinski definition) is 1. The third-order valence-corrected chi connectivity index (χ3v) is 4.04. The lowest BCUT2D eigenvalue weighted by Crippen LogP contribution is -2.03. The van der Waals surface area contributed by atoms with Crippen LogP contribution in [0.15, 0.2) is 52.3 Å². The molecule has 1 nitrogen and oxygen atoms in total. The average molecular weight is 298 g/mol. The zero-order chi connectivity index (χ0) is 13.0. The van der Waals surface area contributed by atoms with Gasteiger partial charge in [-0.15, -0.1) is 0 Å². The van der Waals surface area contributed by atoms with Gasteiger partial charge in [0.2, 0.25) is 0 Å². The van der Waals surface area contributed by atoms with Gasteiger partial charge in [-0.3, -0.25) is 0 Å². The highest BCUT2D eigenvalue weighted by atomic mass is 35.5. The van der Waals surface area contributed by atoms with E-state index >= 15 is 0 Å². The van der Waals surface area contributed by atoms with Crippen molar-refractivity contribution < 1.29 is 0 Å². The van der Waals surface area contributed by atoms with Gasteiger partial charge in [0.1, 0.15) is 0 Å². The molecule has 2 aromatic carbocycles. The lowest BCUT2D eigenvalue weighted by Gasteiger charge is -2.09. The van der Waals surface area contributed by atoms with E-state index in [0.29, 0.717) is 6.54 Å². The van der Waals surface area contributed by atoms with E-state index in [4.69, 9.17) is 28.9 Å². The van der Waals surface area contributed by atoms with E-state index in [0.717, 1.165) is 21.4 Å². The van der Waals surface area contributed by atoms with E-state index < -0.39 is 0 Å². The van der Waals surface area contributed by atoms with Crippen LogP contribution in [0, 0.1) is 0 Å². The first kappa shape index (κ1) is 13.8. The van der Waals surface area contributed by atoms with Crippen molar-refractivity contribution in [1.82, 2.24) is 0 Å². The Bertz CT molecular complexity index is 543. The number of rotatable bonds is 4. The van der Waals surface area contributed by atoms with Crippen LogP contribution in [-0.2, 0) is 6.42 Å². The molecule has 0 radical (unpaired) electrons. The average Bonchev–Trinajstić information content (AvgIpc) is 2.33. The molecule has 0 unspecified atom stereocenters. The maximum Gasteiger partial charge on any atom is 0.0417 e. The van der Waals surface area contributed by atoms with Gasteiger partial charge in [-0.2, -0.15) is 0 Å². The van der Waals surface area contributed by atoms with Crippen LogP contribution >= 0.6 is 35.0 Å². The molecule has 0 aliphatic rings. The van der Waals surface area contributed by atoms with Gasteiger partial charge in [0.05, 0.1) is 0 Å². The molecule has 2 aromatic rings. The summed E-state index contributed by atoms with van der Waals surface area (Å²) in [6.07, 6.45) is 0.823. The lowest BCUT2D eigenvalue weighted by molar-refractivity contribution is 0.944. The van der Waals surface area contributed by atoms with Gasteiger partial charge >= 0.3 is 0 Å². The summed E-state index contributed by atoms with van der Waals surface area (Å²) in [6.45, 7) is 0.615. The third-order valence-electron chi connectivity index (χ3n) is 2.46. The molecule has 18 heavy (non-hydrogen) atoms. The normalized spacial score (nSPS) is 10.6. The Morgan fingerprint density at radius 3 is 2.50 bits per heavy atom. The molecule has 0 fully saturated rings. The third kappa shape index (κ3) is 3.66. The molecule has 0 amide bonds. The van der Waals surface area contributed by atoms with Crippen molar-refractivity contribution in [3.05, 3.63) is 58.1 Å². The van der Waals surface area contributed by atoms with E-state index in [-0.39, 0.29) is 0 Å². The second-order valence-electron chi connectivity index (χ2n) is 3.85. The number of benzene rings is 2. The topological polar surface area (TPSA) is 26.0 Å². The standard InChI is InChI=1S/C14H13Cl2NS/c15-11-2-1-3-13(9-11)18-14-5-4-12(16)8-10(14)6-7-17/h1-5,8-9H,6-7,17H2. The summed E-state index contributed by atoms with van der Waals surface area (Å²) in [5.41, 5.74) is 6.80. The van der Waals surface area contributed by atoms with Crippen molar-refractivity contribution in [2.24, 2.45) is 5.73 Å². The predicted octanol–water partition coefficient (Wildman–Crippen LogP) is 4.65. The predicted molar refractivity (Wildman–Crippen MR) is 79.8 cm³/mol. The molecule has 2 N–H and O–H groups in total. The molecule has 0 saturated carbocycles. The summed E-state index contributed by atoms with van der Waals surface area (Å²) < 4.78 is 0. The van der Waals surface area contributed by atoms with Gasteiger partial charge < -0.3 is 5.73 Å². The molecule has 0 aliphatic carbocycles. The largest absolute Gasteiger partial charge is 0.330 e. The van der Waals surface area contributed by atoms with Crippen molar-refractivity contribution in [2.45, 2.75) is 16.2 Å². The minimum Gasteiger partial charge on any atom is -0.330 e. The van der Waals surface area contributed by atoms with Crippen LogP contribution in [0.1, 0.15) is 5.56 Å². The Hall–Kier alpha value is -0.670. The summed E-state index contributed by atoms with van der Waals surface area (Å²) in [7, 11) is 0. The first-order valence-electron chi connectivity index (χ1n) is 5.61. The van der Waals surface area contributed by atoms with Crippen molar-refractivity contribution in [3.63, 3.8) is 0 Å². The van der Waals surface area contributed by atoms with Crippen LogP contribution in [0.25, 0.3) is 0 Å². The minimum absolute atomic E-state index is 0.615. The molecular formula is C14H13Cl2NS. The Labute approximate surface area is 121 Å². The Balaban J connectivity index is 2.28. The Kier molecular flexibility index (Phi) is 4.95. The monoisotopic (exact) mass is 297 g/mol. The fourth-order valence-corrected chi connectivity index (χ4v) is 3.12. The molecule has 94 valence electrons. The molecule has 0 bridgehead atoms. The van der Waals surface area contributed by atoms with Gasteiger partial charge in [0.25, 0.3) is 0 Å². The summed E-state index contributed by atoms with van der Waals surface area (Å²) in [5.74, 6) is 0. The highest BCUT2D eigenvalue weighted by molar-refractivity contribution is 7.99. The lowest BCUT2D eigenvalue weighted by atomic mass is 10.1. The summed E-state index contributed by atoms with van der Waals surface area (Å²) in [6, 6.07) is 13.7. The zero-order valence-electron chi connectivity index (χ0n) is 9.70. The van der Waals surface area contributed by atoms with E-state index in [9.17, 15) is 0 Å². The van der Waals surface area contributed by atoms with Crippen LogP contribution in [0.5, 0.6) is 0 Å². The Morgan fingerprint density at radius 1 is 1.00 bits per heavy atom. The molecule has 4 heteroatoms. The van der Waals surface area contributed by atoms with Crippen LogP contribution in [-0.4, -0.2) is 6.54 Å². The first-order valence-corrected chi connectivity index (χ1v) is 7.18. The maximum atomic E-state index is 6.01. The molecule has 2 rings (SSSR count). The van der Waals surface area contributed by atoms with Crippen molar-refractivity contribution in [2.75, 3.05) is 6.54 Å². The highest BCUT2D eigenvalue weighted by Crippen LogP contribution is 2.33. The van der Waals surface area contributed by atoms with Gasteiger partial charge in [0, 0.05) is 19.8 Å². The molecule has 0 aliphatic heterocycles. The number of halogens is 2. The SMILES string of the molecule is NCCc1cc(Cl)ccc1Sc1cccc(Cl)c1. The molecule has 0 aromatic heterocycles. The quantitative estimate of drug-likeness (QED) is 0.889. The van der Waals surface area contributed by atoms with Crippen LogP contribution in [0.2, 0.25) is 10.0 Å². The summed E-state index contributed by atoms with van der Waals surface area (Å²) in [5, 5.41) is 1.49. The molecule has 0 heterocycles. The maximum absolute atomic E-state index is 6.01. The van der Waals surface area contributed by atoms with E-state index in [1.807, 2.05) is 42.5 Å².